The second-order valence-corrected chi connectivity index (χ2v) is 8.47. The molecule has 0 aliphatic carbocycles. The molecule has 1 heterocycles. The van der Waals surface area contributed by atoms with Gasteiger partial charge >= 0.3 is 0 Å². The highest BCUT2D eigenvalue weighted by atomic mass is 32.2. The number of ether oxygens (including phenoxy) is 1. The van der Waals surface area contributed by atoms with Crippen molar-refractivity contribution >= 4 is 29.0 Å². The van der Waals surface area contributed by atoms with Crippen LogP contribution in [0.2, 0.25) is 0 Å². The van der Waals surface area contributed by atoms with E-state index in [1.807, 2.05) is 23.6 Å². The maximum absolute atomic E-state index is 12.5. The number of nitrogens with zero attached hydrogens (tertiary/aromatic N) is 4. The summed E-state index contributed by atoms with van der Waals surface area (Å²) in [5.41, 5.74) is 3.10. The number of rotatable bonds is 9. The number of aromatic nitrogens is 3. The zero-order valence-corrected chi connectivity index (χ0v) is 20.0. The zero-order chi connectivity index (χ0) is 24.8. The van der Waals surface area contributed by atoms with Crippen LogP contribution in [0, 0.1) is 10.1 Å². The van der Waals surface area contributed by atoms with Crippen LogP contribution in [0.25, 0.3) is 11.4 Å². The molecule has 0 aliphatic heterocycles. The first-order chi connectivity index (χ1) is 17.0. The number of hydrogen-bond acceptors (Lipinski definition) is 7. The van der Waals surface area contributed by atoms with Gasteiger partial charge in [0, 0.05) is 41.2 Å². The predicted molar refractivity (Wildman–Crippen MR) is 135 cm³/mol. The Kier molecular flexibility index (Phi) is 7.41. The van der Waals surface area contributed by atoms with Crippen molar-refractivity contribution in [1.82, 2.24) is 14.8 Å². The van der Waals surface area contributed by atoms with Gasteiger partial charge in [-0.25, -0.2) is 0 Å². The van der Waals surface area contributed by atoms with Crippen LogP contribution in [0.3, 0.4) is 0 Å². The third-order valence-electron chi connectivity index (χ3n) is 5.30. The lowest BCUT2D eigenvalue weighted by atomic mass is 10.1. The molecule has 1 amide bonds. The van der Waals surface area contributed by atoms with Crippen molar-refractivity contribution in [2.75, 3.05) is 12.4 Å². The lowest BCUT2D eigenvalue weighted by molar-refractivity contribution is -0.384. The van der Waals surface area contributed by atoms with Gasteiger partial charge in [0.25, 0.3) is 11.6 Å². The number of nitrogens with one attached hydrogen (secondary N) is 1. The second kappa shape index (κ2) is 10.8. The number of nitro groups is 1. The zero-order valence-electron chi connectivity index (χ0n) is 19.2. The Morgan fingerprint density at radius 3 is 2.31 bits per heavy atom. The molecule has 0 fully saturated rings. The van der Waals surface area contributed by atoms with Crippen LogP contribution in [0.4, 0.5) is 11.4 Å². The smallest absolute Gasteiger partial charge is 0.269 e. The minimum absolute atomic E-state index is 0.0343. The van der Waals surface area contributed by atoms with Gasteiger partial charge in [0.2, 0.25) is 0 Å². The van der Waals surface area contributed by atoms with Gasteiger partial charge in [0.05, 0.1) is 12.0 Å². The maximum Gasteiger partial charge on any atom is 0.269 e. The topological polar surface area (TPSA) is 112 Å². The number of thioether (sulfide) groups is 1. The van der Waals surface area contributed by atoms with Crippen molar-refractivity contribution < 1.29 is 14.5 Å². The van der Waals surface area contributed by atoms with Crippen molar-refractivity contribution in [1.29, 1.82) is 0 Å². The van der Waals surface area contributed by atoms with E-state index in [1.54, 1.807) is 55.6 Å². The average Bonchev–Trinajstić information content (AvgIpc) is 3.31. The lowest BCUT2D eigenvalue weighted by Gasteiger charge is -2.08. The number of methoxy groups -OCH3 is 1. The van der Waals surface area contributed by atoms with E-state index < -0.39 is 4.92 Å². The summed E-state index contributed by atoms with van der Waals surface area (Å²) >= 11 is 1.54. The molecule has 10 heteroatoms. The quantitative estimate of drug-likeness (QED) is 0.190. The molecule has 0 saturated heterocycles. The minimum atomic E-state index is -0.427. The number of carbonyl (C=O) groups is 1. The van der Waals surface area contributed by atoms with E-state index in [2.05, 4.69) is 15.5 Å². The number of anilines is 1. The summed E-state index contributed by atoms with van der Waals surface area (Å²) in [4.78, 5) is 23.0. The second-order valence-electron chi connectivity index (χ2n) is 7.52. The fraction of sp³-hybridized carbons (Fsp3) is 0.160. The van der Waals surface area contributed by atoms with E-state index in [1.165, 1.54) is 23.9 Å². The molecule has 1 aromatic heterocycles. The molecule has 0 spiro atoms. The van der Waals surface area contributed by atoms with Crippen LogP contribution in [0.1, 0.15) is 22.8 Å². The fourth-order valence-electron chi connectivity index (χ4n) is 3.40. The molecule has 0 atom stereocenters. The molecule has 178 valence electrons. The largest absolute Gasteiger partial charge is 0.497 e. The first kappa shape index (κ1) is 24.0. The summed E-state index contributed by atoms with van der Waals surface area (Å²) in [6.45, 7) is 2.66. The number of non-ortho nitro benzene ring substituents is 1. The molecule has 4 aromatic rings. The number of hydrogen-bond donors (Lipinski definition) is 1. The number of benzene rings is 3. The van der Waals surface area contributed by atoms with Gasteiger partial charge in [0.15, 0.2) is 11.0 Å². The summed E-state index contributed by atoms with van der Waals surface area (Å²) in [5, 5.41) is 23.1. The van der Waals surface area contributed by atoms with Crippen LogP contribution in [-0.4, -0.2) is 32.7 Å². The average molecular weight is 490 g/mol. The molecule has 0 saturated carbocycles. The normalized spacial score (nSPS) is 10.7. The molecule has 0 bridgehead atoms. The first-order valence-electron chi connectivity index (χ1n) is 10.8. The lowest BCUT2D eigenvalue weighted by Crippen LogP contribution is -2.11. The van der Waals surface area contributed by atoms with E-state index in [4.69, 9.17) is 4.74 Å². The Morgan fingerprint density at radius 2 is 1.71 bits per heavy atom. The van der Waals surface area contributed by atoms with Gasteiger partial charge in [0.1, 0.15) is 5.75 Å². The standard InChI is InChI=1S/C25H23N5O4S/c1-3-29-23(18-8-12-21(13-9-18)30(32)33)27-28-25(29)35-16-17-4-6-19(7-5-17)24(31)26-20-10-14-22(34-2)15-11-20/h4-15H,3,16H2,1-2H3,(H,26,31). The Labute approximate surface area is 206 Å². The third kappa shape index (κ3) is 5.67. The van der Waals surface area contributed by atoms with Crippen LogP contribution in [0.15, 0.2) is 78.0 Å². The highest BCUT2D eigenvalue weighted by Crippen LogP contribution is 2.27. The Hall–Kier alpha value is -4.18. The SMILES string of the molecule is CCn1c(SCc2ccc(C(=O)Nc3ccc(OC)cc3)cc2)nnc1-c1ccc([N+](=O)[O-])cc1. The van der Waals surface area contributed by atoms with Crippen LogP contribution in [0.5, 0.6) is 5.75 Å². The highest BCUT2D eigenvalue weighted by Gasteiger charge is 2.15. The fourth-order valence-corrected chi connectivity index (χ4v) is 4.36. The van der Waals surface area contributed by atoms with Crippen LogP contribution in [-0.2, 0) is 12.3 Å². The molecule has 0 aliphatic rings. The van der Waals surface area contributed by atoms with Crippen LogP contribution < -0.4 is 10.1 Å². The van der Waals surface area contributed by atoms with E-state index in [0.29, 0.717) is 29.4 Å². The van der Waals surface area contributed by atoms with Gasteiger partial charge < -0.3 is 14.6 Å². The molecular weight excluding hydrogens is 466 g/mol. The van der Waals surface area contributed by atoms with Crippen molar-refractivity contribution in [2.45, 2.75) is 24.4 Å². The van der Waals surface area contributed by atoms with E-state index in [0.717, 1.165) is 22.0 Å². The molecular formula is C25H23N5O4S. The summed E-state index contributed by atoms with van der Waals surface area (Å²) in [6, 6.07) is 20.9. The van der Waals surface area contributed by atoms with E-state index in [-0.39, 0.29) is 11.6 Å². The highest BCUT2D eigenvalue weighted by molar-refractivity contribution is 7.98. The van der Waals surface area contributed by atoms with Gasteiger partial charge in [-0.2, -0.15) is 0 Å². The molecule has 4 rings (SSSR count). The molecule has 0 unspecified atom stereocenters. The molecule has 1 N–H and O–H groups in total. The van der Waals surface area contributed by atoms with E-state index in [9.17, 15) is 14.9 Å². The first-order valence-corrected chi connectivity index (χ1v) is 11.8. The van der Waals surface area contributed by atoms with Crippen molar-refractivity contribution in [3.8, 4) is 17.1 Å². The maximum atomic E-state index is 12.5. The molecule has 3 aromatic carbocycles. The number of nitro benzene ring substituents is 1. The number of carbonyl (C=O) groups excluding carboxylic acids is 1. The van der Waals surface area contributed by atoms with Crippen LogP contribution >= 0.6 is 11.8 Å². The Balaban J connectivity index is 1.39. The van der Waals surface area contributed by atoms with Crippen molar-refractivity contribution in [3.05, 3.63) is 94.0 Å². The third-order valence-corrected chi connectivity index (χ3v) is 6.34. The van der Waals surface area contributed by atoms with Gasteiger partial charge in [-0.05, 0) is 61.0 Å². The van der Waals surface area contributed by atoms with Gasteiger partial charge in [-0.15, -0.1) is 10.2 Å². The Morgan fingerprint density at radius 1 is 1.03 bits per heavy atom. The number of amides is 1. The van der Waals surface area contributed by atoms with E-state index >= 15 is 0 Å². The van der Waals surface area contributed by atoms with Gasteiger partial charge in [-0.1, -0.05) is 23.9 Å². The molecule has 0 radical (unpaired) electrons. The molecule has 9 nitrogen and oxygen atoms in total. The monoisotopic (exact) mass is 489 g/mol. The summed E-state index contributed by atoms with van der Waals surface area (Å²) in [7, 11) is 1.59. The minimum Gasteiger partial charge on any atom is -0.497 e. The van der Waals surface area contributed by atoms with Crippen molar-refractivity contribution in [3.63, 3.8) is 0 Å². The predicted octanol–water partition coefficient (Wildman–Crippen LogP) is 5.43. The summed E-state index contributed by atoms with van der Waals surface area (Å²) < 4.78 is 7.11. The molecule has 35 heavy (non-hydrogen) atoms. The van der Waals surface area contributed by atoms with Gasteiger partial charge in [-0.3, -0.25) is 14.9 Å². The summed E-state index contributed by atoms with van der Waals surface area (Å²) in [6.07, 6.45) is 0. The Bertz CT molecular complexity index is 1320. The van der Waals surface area contributed by atoms with Crippen molar-refractivity contribution in [2.24, 2.45) is 0 Å². The summed E-state index contributed by atoms with van der Waals surface area (Å²) in [5.74, 6) is 1.85.